The third-order valence-corrected chi connectivity index (χ3v) is 5.61. The summed E-state index contributed by atoms with van der Waals surface area (Å²) in [6, 6.07) is 12.6. The predicted molar refractivity (Wildman–Crippen MR) is 105 cm³/mol. The van der Waals surface area contributed by atoms with Crippen LogP contribution in [0.5, 0.6) is 0 Å². The standard InChI is InChI=1S/C21H23N5/c1-15-8-11-25(12-15)21-20(22-9-10-23-21)17-13-26(14-17)19-7-6-16-4-2-3-5-18(16)24-19/h2-7,9-10,15,17H,8,11-14H2,1H3/t15-/m1/s1. The van der Waals surface area contributed by atoms with E-state index in [9.17, 15) is 0 Å². The summed E-state index contributed by atoms with van der Waals surface area (Å²) in [7, 11) is 0. The Hall–Kier alpha value is -2.69. The maximum atomic E-state index is 4.81. The van der Waals surface area contributed by atoms with Gasteiger partial charge >= 0.3 is 0 Å². The van der Waals surface area contributed by atoms with Crippen molar-refractivity contribution in [2.45, 2.75) is 19.3 Å². The quantitative estimate of drug-likeness (QED) is 0.727. The second kappa shape index (κ2) is 6.24. The van der Waals surface area contributed by atoms with Crippen LogP contribution < -0.4 is 9.80 Å². The molecule has 132 valence electrons. The lowest BCUT2D eigenvalue weighted by atomic mass is 9.95. The van der Waals surface area contributed by atoms with Crippen LogP contribution in [0.3, 0.4) is 0 Å². The highest BCUT2D eigenvalue weighted by molar-refractivity contribution is 5.80. The molecule has 2 fully saturated rings. The van der Waals surface area contributed by atoms with Crippen molar-refractivity contribution < 1.29 is 0 Å². The Morgan fingerprint density at radius 3 is 2.62 bits per heavy atom. The van der Waals surface area contributed by atoms with Crippen molar-refractivity contribution in [2.75, 3.05) is 36.0 Å². The van der Waals surface area contributed by atoms with Gasteiger partial charge in [0.05, 0.1) is 11.2 Å². The first-order valence-corrected chi connectivity index (χ1v) is 9.44. The van der Waals surface area contributed by atoms with Crippen LogP contribution in [0.4, 0.5) is 11.6 Å². The largest absolute Gasteiger partial charge is 0.355 e. The third-order valence-electron chi connectivity index (χ3n) is 5.61. The van der Waals surface area contributed by atoms with Crippen LogP contribution in [0.25, 0.3) is 10.9 Å². The lowest BCUT2D eigenvalue weighted by molar-refractivity contribution is 0.507. The van der Waals surface area contributed by atoms with Crippen LogP contribution in [0.1, 0.15) is 25.0 Å². The van der Waals surface area contributed by atoms with E-state index in [2.05, 4.69) is 52.0 Å². The van der Waals surface area contributed by atoms with Gasteiger partial charge in [0.25, 0.3) is 0 Å². The van der Waals surface area contributed by atoms with E-state index in [0.717, 1.165) is 54.9 Å². The van der Waals surface area contributed by atoms with Crippen molar-refractivity contribution in [1.82, 2.24) is 15.0 Å². The average molecular weight is 345 g/mol. The number of aromatic nitrogens is 3. The van der Waals surface area contributed by atoms with Gasteiger partial charge in [0.15, 0.2) is 5.82 Å². The molecular weight excluding hydrogens is 322 g/mol. The fraction of sp³-hybridized carbons (Fsp3) is 0.381. The molecule has 0 aliphatic carbocycles. The first-order valence-electron chi connectivity index (χ1n) is 9.44. The minimum Gasteiger partial charge on any atom is -0.355 e. The molecule has 4 heterocycles. The van der Waals surface area contributed by atoms with E-state index in [0.29, 0.717) is 5.92 Å². The van der Waals surface area contributed by atoms with Crippen LogP contribution in [0.15, 0.2) is 48.8 Å². The fourth-order valence-electron chi connectivity index (χ4n) is 4.07. The Morgan fingerprint density at radius 2 is 1.77 bits per heavy atom. The Morgan fingerprint density at radius 1 is 0.923 bits per heavy atom. The highest BCUT2D eigenvalue weighted by Gasteiger charge is 2.34. The van der Waals surface area contributed by atoms with E-state index >= 15 is 0 Å². The van der Waals surface area contributed by atoms with Gasteiger partial charge in [-0.3, -0.25) is 4.98 Å². The Labute approximate surface area is 153 Å². The van der Waals surface area contributed by atoms with E-state index in [1.165, 1.54) is 11.8 Å². The van der Waals surface area contributed by atoms with Gasteiger partial charge in [-0.1, -0.05) is 25.1 Å². The summed E-state index contributed by atoms with van der Waals surface area (Å²) in [5.74, 6) is 3.32. The number of nitrogens with zero attached hydrogens (tertiary/aromatic N) is 5. The number of fused-ring (bicyclic) bond motifs is 1. The van der Waals surface area contributed by atoms with Gasteiger partial charge in [0.1, 0.15) is 5.82 Å². The van der Waals surface area contributed by atoms with Crippen molar-refractivity contribution in [3.63, 3.8) is 0 Å². The molecular formula is C21H23N5. The molecule has 1 aromatic carbocycles. The highest BCUT2D eigenvalue weighted by Crippen LogP contribution is 2.35. The zero-order valence-electron chi connectivity index (χ0n) is 15.0. The number of pyridine rings is 1. The molecule has 0 radical (unpaired) electrons. The summed E-state index contributed by atoms with van der Waals surface area (Å²) in [4.78, 5) is 18.9. The molecule has 0 saturated carbocycles. The number of rotatable bonds is 3. The van der Waals surface area contributed by atoms with Gasteiger partial charge in [-0.15, -0.1) is 0 Å². The van der Waals surface area contributed by atoms with Crippen molar-refractivity contribution in [2.24, 2.45) is 5.92 Å². The second-order valence-corrected chi connectivity index (χ2v) is 7.57. The molecule has 2 saturated heterocycles. The molecule has 0 unspecified atom stereocenters. The number of anilines is 2. The lowest BCUT2D eigenvalue weighted by Gasteiger charge is -2.40. The summed E-state index contributed by atoms with van der Waals surface area (Å²) in [6.07, 6.45) is 4.90. The topological polar surface area (TPSA) is 45.2 Å². The molecule has 0 amide bonds. The Balaban J connectivity index is 1.35. The normalized spacial score (nSPS) is 20.6. The van der Waals surface area contributed by atoms with E-state index in [-0.39, 0.29) is 0 Å². The average Bonchev–Trinajstić information content (AvgIpc) is 3.07. The van der Waals surface area contributed by atoms with Crippen molar-refractivity contribution >= 4 is 22.5 Å². The molecule has 26 heavy (non-hydrogen) atoms. The van der Waals surface area contributed by atoms with Gasteiger partial charge in [-0.05, 0) is 30.5 Å². The number of para-hydroxylation sites is 1. The zero-order valence-corrected chi connectivity index (χ0v) is 15.0. The van der Waals surface area contributed by atoms with Gasteiger partial charge in [-0.25, -0.2) is 9.97 Å². The summed E-state index contributed by atoms with van der Waals surface area (Å²) in [5.41, 5.74) is 2.21. The molecule has 2 aliphatic rings. The van der Waals surface area contributed by atoms with E-state index in [1.807, 2.05) is 18.5 Å². The smallest absolute Gasteiger partial charge is 0.150 e. The summed E-state index contributed by atoms with van der Waals surface area (Å²) in [6.45, 7) is 6.41. The molecule has 2 aliphatic heterocycles. The molecule has 5 nitrogen and oxygen atoms in total. The first kappa shape index (κ1) is 15.6. The van der Waals surface area contributed by atoms with Crippen LogP contribution >= 0.6 is 0 Å². The first-order chi connectivity index (χ1) is 12.8. The molecule has 0 spiro atoms. The molecule has 3 aromatic rings. The number of hydrogen-bond donors (Lipinski definition) is 0. The maximum absolute atomic E-state index is 4.81. The minimum atomic E-state index is 0.433. The third kappa shape index (κ3) is 2.68. The highest BCUT2D eigenvalue weighted by atomic mass is 15.3. The van der Waals surface area contributed by atoms with Gasteiger partial charge < -0.3 is 9.80 Å². The molecule has 0 N–H and O–H groups in total. The summed E-state index contributed by atoms with van der Waals surface area (Å²) in [5, 5.41) is 1.19. The van der Waals surface area contributed by atoms with Crippen molar-refractivity contribution in [3.05, 3.63) is 54.5 Å². The monoisotopic (exact) mass is 345 g/mol. The van der Waals surface area contributed by atoms with E-state index < -0.39 is 0 Å². The maximum Gasteiger partial charge on any atom is 0.150 e. The summed E-state index contributed by atoms with van der Waals surface area (Å²) >= 11 is 0. The van der Waals surface area contributed by atoms with Gasteiger partial charge in [-0.2, -0.15) is 0 Å². The lowest BCUT2D eigenvalue weighted by Crippen LogP contribution is -2.46. The molecule has 1 atom stereocenters. The van der Waals surface area contributed by atoms with E-state index in [4.69, 9.17) is 9.97 Å². The van der Waals surface area contributed by atoms with Crippen LogP contribution in [-0.4, -0.2) is 41.1 Å². The fourth-order valence-corrected chi connectivity index (χ4v) is 4.07. The zero-order chi connectivity index (χ0) is 17.5. The molecule has 2 aromatic heterocycles. The molecule has 5 heteroatoms. The number of benzene rings is 1. The van der Waals surface area contributed by atoms with Crippen LogP contribution in [0, 0.1) is 5.92 Å². The van der Waals surface area contributed by atoms with Crippen LogP contribution in [0.2, 0.25) is 0 Å². The Bertz CT molecular complexity index is 934. The van der Waals surface area contributed by atoms with Crippen LogP contribution in [-0.2, 0) is 0 Å². The van der Waals surface area contributed by atoms with Gasteiger partial charge in [0.2, 0.25) is 0 Å². The molecule has 0 bridgehead atoms. The number of hydrogen-bond acceptors (Lipinski definition) is 5. The SMILES string of the molecule is C[C@@H]1CCN(c2nccnc2C2CN(c3ccc4ccccc4n3)C2)C1. The second-order valence-electron chi connectivity index (χ2n) is 7.57. The predicted octanol–water partition coefficient (Wildman–Crippen LogP) is 3.47. The minimum absolute atomic E-state index is 0.433. The molecule has 5 rings (SSSR count). The Kier molecular flexibility index (Phi) is 3.73. The van der Waals surface area contributed by atoms with E-state index in [1.54, 1.807) is 0 Å². The van der Waals surface area contributed by atoms with Crippen molar-refractivity contribution in [1.29, 1.82) is 0 Å². The van der Waals surface area contributed by atoms with Crippen molar-refractivity contribution in [3.8, 4) is 0 Å². The summed E-state index contributed by atoms with van der Waals surface area (Å²) < 4.78 is 0. The van der Waals surface area contributed by atoms with Gasteiger partial charge in [0, 0.05) is 49.9 Å².